The first-order valence-corrected chi connectivity index (χ1v) is 6.86. The number of anilines is 1. The fraction of sp³-hybridized carbons (Fsp3) is 0.643. The zero-order valence-electron chi connectivity index (χ0n) is 11.3. The number of aliphatic hydroxyl groups is 1. The van der Waals surface area contributed by atoms with Gasteiger partial charge in [0.2, 0.25) is 0 Å². The highest BCUT2D eigenvalue weighted by atomic mass is 16.3. The Hall–Kier alpha value is -1.13. The summed E-state index contributed by atoms with van der Waals surface area (Å²) in [5, 5.41) is 9.74. The summed E-state index contributed by atoms with van der Waals surface area (Å²) in [7, 11) is 0. The lowest BCUT2D eigenvalue weighted by molar-refractivity contribution is 0.173. The minimum absolute atomic E-state index is 0.386. The Bertz CT molecular complexity index is 358. The van der Waals surface area contributed by atoms with E-state index in [0.717, 1.165) is 50.5 Å². The molecule has 0 amide bonds. The van der Waals surface area contributed by atoms with Gasteiger partial charge in [-0.1, -0.05) is 19.9 Å². The topological polar surface area (TPSA) is 39.6 Å². The predicted octanol–water partition coefficient (Wildman–Crippen LogP) is 1.67. The van der Waals surface area contributed by atoms with Crippen LogP contribution >= 0.6 is 0 Å². The largest absolute Gasteiger partial charge is 0.388 e. The first kappa shape index (κ1) is 13.3. The van der Waals surface area contributed by atoms with Crippen molar-refractivity contribution in [2.24, 2.45) is 0 Å². The van der Waals surface area contributed by atoms with E-state index in [4.69, 9.17) is 0 Å². The van der Waals surface area contributed by atoms with Crippen LogP contribution in [0.15, 0.2) is 18.3 Å². The van der Waals surface area contributed by atoms with Gasteiger partial charge < -0.3 is 14.9 Å². The number of likely N-dealkylation sites (N-methyl/N-ethyl adjacent to an activating group) is 1. The molecule has 0 aliphatic carbocycles. The van der Waals surface area contributed by atoms with Crippen LogP contribution in [-0.4, -0.2) is 47.7 Å². The molecule has 4 nitrogen and oxygen atoms in total. The van der Waals surface area contributed by atoms with Crippen LogP contribution in [0.25, 0.3) is 0 Å². The SMILES string of the molecule is CC[C@H](O)c1ccc(N2CCN(CC)CC2)nc1. The summed E-state index contributed by atoms with van der Waals surface area (Å²) in [4.78, 5) is 9.23. The van der Waals surface area contributed by atoms with Gasteiger partial charge in [0, 0.05) is 32.4 Å². The third kappa shape index (κ3) is 3.00. The Morgan fingerprint density at radius 2 is 1.94 bits per heavy atom. The molecule has 2 rings (SSSR count). The normalized spacial score (nSPS) is 18.9. The number of aromatic nitrogens is 1. The first-order valence-electron chi connectivity index (χ1n) is 6.86. The molecule has 1 aliphatic rings. The number of piperazine rings is 1. The highest BCUT2D eigenvalue weighted by molar-refractivity contribution is 5.40. The molecule has 100 valence electrons. The lowest BCUT2D eigenvalue weighted by Crippen LogP contribution is -2.46. The van der Waals surface area contributed by atoms with E-state index in [1.807, 2.05) is 19.1 Å². The average Bonchev–Trinajstić information content (AvgIpc) is 2.47. The zero-order valence-corrected chi connectivity index (χ0v) is 11.3. The molecule has 4 heteroatoms. The van der Waals surface area contributed by atoms with E-state index >= 15 is 0 Å². The number of aliphatic hydroxyl groups excluding tert-OH is 1. The van der Waals surface area contributed by atoms with Crippen LogP contribution in [0.1, 0.15) is 31.9 Å². The molecule has 1 aromatic heterocycles. The monoisotopic (exact) mass is 249 g/mol. The lowest BCUT2D eigenvalue weighted by Gasteiger charge is -2.34. The number of pyridine rings is 1. The molecule has 0 unspecified atom stereocenters. The van der Waals surface area contributed by atoms with Crippen LogP contribution in [0.3, 0.4) is 0 Å². The maximum Gasteiger partial charge on any atom is 0.128 e. The van der Waals surface area contributed by atoms with E-state index in [0.29, 0.717) is 0 Å². The van der Waals surface area contributed by atoms with Crippen molar-refractivity contribution in [2.45, 2.75) is 26.4 Å². The average molecular weight is 249 g/mol. The summed E-state index contributed by atoms with van der Waals surface area (Å²) < 4.78 is 0. The molecule has 1 N–H and O–H groups in total. The molecule has 1 fully saturated rings. The summed E-state index contributed by atoms with van der Waals surface area (Å²) in [6, 6.07) is 4.01. The second-order valence-corrected chi connectivity index (χ2v) is 4.80. The third-order valence-electron chi connectivity index (χ3n) is 3.69. The molecule has 2 heterocycles. The summed E-state index contributed by atoms with van der Waals surface area (Å²) in [6.07, 6.45) is 2.15. The van der Waals surface area contributed by atoms with E-state index in [9.17, 15) is 5.11 Å². The third-order valence-corrected chi connectivity index (χ3v) is 3.69. The number of nitrogens with zero attached hydrogens (tertiary/aromatic N) is 3. The highest BCUT2D eigenvalue weighted by Crippen LogP contribution is 2.19. The van der Waals surface area contributed by atoms with Crippen molar-refractivity contribution in [1.29, 1.82) is 0 Å². The highest BCUT2D eigenvalue weighted by Gasteiger charge is 2.16. The Morgan fingerprint density at radius 3 is 2.44 bits per heavy atom. The molecule has 1 aromatic rings. The van der Waals surface area contributed by atoms with Crippen molar-refractivity contribution in [3.8, 4) is 0 Å². The molecule has 1 aliphatic heterocycles. The molecule has 0 radical (unpaired) electrons. The molecule has 18 heavy (non-hydrogen) atoms. The first-order chi connectivity index (χ1) is 8.74. The molecule has 1 saturated heterocycles. The van der Waals surface area contributed by atoms with Crippen LogP contribution in [0.2, 0.25) is 0 Å². The van der Waals surface area contributed by atoms with Gasteiger partial charge >= 0.3 is 0 Å². The standard InChI is InChI=1S/C14H23N3O/c1-3-13(18)12-5-6-14(15-11-12)17-9-7-16(4-2)8-10-17/h5-6,11,13,18H,3-4,7-10H2,1-2H3/t13-/m0/s1. The van der Waals surface area contributed by atoms with Crippen molar-refractivity contribution in [2.75, 3.05) is 37.6 Å². The molecule has 0 aromatic carbocycles. The molecule has 1 atom stereocenters. The number of rotatable bonds is 4. The van der Waals surface area contributed by atoms with Gasteiger partial charge in [0.05, 0.1) is 6.10 Å². The van der Waals surface area contributed by atoms with Crippen LogP contribution in [0, 0.1) is 0 Å². The van der Waals surface area contributed by atoms with Crippen molar-refractivity contribution in [1.82, 2.24) is 9.88 Å². The van der Waals surface area contributed by atoms with Crippen molar-refractivity contribution < 1.29 is 5.11 Å². The van der Waals surface area contributed by atoms with E-state index in [1.54, 1.807) is 6.20 Å². The Kier molecular flexibility index (Phi) is 4.55. The van der Waals surface area contributed by atoms with Gasteiger partial charge in [-0.2, -0.15) is 0 Å². The predicted molar refractivity (Wildman–Crippen MR) is 73.8 cm³/mol. The second kappa shape index (κ2) is 6.16. The van der Waals surface area contributed by atoms with Gasteiger partial charge in [-0.05, 0) is 24.6 Å². The van der Waals surface area contributed by atoms with E-state index in [-0.39, 0.29) is 6.10 Å². The van der Waals surface area contributed by atoms with E-state index < -0.39 is 0 Å². The van der Waals surface area contributed by atoms with Crippen LogP contribution < -0.4 is 4.90 Å². The fourth-order valence-electron chi connectivity index (χ4n) is 2.31. The summed E-state index contributed by atoms with van der Waals surface area (Å²) >= 11 is 0. The minimum Gasteiger partial charge on any atom is -0.388 e. The molecule has 0 saturated carbocycles. The smallest absolute Gasteiger partial charge is 0.128 e. The van der Waals surface area contributed by atoms with E-state index in [1.165, 1.54) is 0 Å². The molecule has 0 spiro atoms. The van der Waals surface area contributed by atoms with Crippen LogP contribution in [0.5, 0.6) is 0 Å². The summed E-state index contributed by atoms with van der Waals surface area (Å²) in [5.41, 5.74) is 0.911. The maximum absolute atomic E-state index is 9.74. The summed E-state index contributed by atoms with van der Waals surface area (Å²) in [5.74, 6) is 1.03. The lowest BCUT2D eigenvalue weighted by atomic mass is 10.1. The van der Waals surface area contributed by atoms with Gasteiger partial charge in [-0.15, -0.1) is 0 Å². The van der Waals surface area contributed by atoms with Gasteiger partial charge in [-0.3, -0.25) is 0 Å². The van der Waals surface area contributed by atoms with Gasteiger partial charge in [-0.25, -0.2) is 4.98 Å². The Balaban J connectivity index is 1.98. The van der Waals surface area contributed by atoms with Gasteiger partial charge in [0.25, 0.3) is 0 Å². The quantitative estimate of drug-likeness (QED) is 0.881. The van der Waals surface area contributed by atoms with Crippen molar-refractivity contribution in [3.63, 3.8) is 0 Å². The fourth-order valence-corrected chi connectivity index (χ4v) is 2.31. The molecular formula is C14H23N3O. The van der Waals surface area contributed by atoms with Crippen molar-refractivity contribution in [3.05, 3.63) is 23.9 Å². The van der Waals surface area contributed by atoms with E-state index in [2.05, 4.69) is 21.7 Å². The Morgan fingerprint density at radius 1 is 1.22 bits per heavy atom. The van der Waals surface area contributed by atoms with Crippen LogP contribution in [0.4, 0.5) is 5.82 Å². The molecule has 0 bridgehead atoms. The summed E-state index contributed by atoms with van der Waals surface area (Å²) in [6.45, 7) is 9.60. The molecular weight excluding hydrogens is 226 g/mol. The maximum atomic E-state index is 9.74. The van der Waals surface area contributed by atoms with Gasteiger partial charge in [0.1, 0.15) is 5.82 Å². The minimum atomic E-state index is -0.386. The number of hydrogen-bond donors (Lipinski definition) is 1. The van der Waals surface area contributed by atoms with Crippen LogP contribution in [-0.2, 0) is 0 Å². The number of hydrogen-bond acceptors (Lipinski definition) is 4. The Labute approximate surface area is 109 Å². The van der Waals surface area contributed by atoms with Gasteiger partial charge in [0.15, 0.2) is 0 Å². The zero-order chi connectivity index (χ0) is 13.0. The van der Waals surface area contributed by atoms with Crippen molar-refractivity contribution >= 4 is 5.82 Å². The second-order valence-electron chi connectivity index (χ2n) is 4.80.